The van der Waals surface area contributed by atoms with E-state index in [0.717, 1.165) is 0 Å². The van der Waals surface area contributed by atoms with E-state index in [2.05, 4.69) is 4.72 Å². The quantitative estimate of drug-likeness (QED) is 0.640. The first-order valence-corrected chi connectivity index (χ1v) is 9.67. The molecule has 0 heterocycles. The minimum atomic E-state index is -3.71. The van der Waals surface area contributed by atoms with Crippen molar-refractivity contribution in [2.45, 2.75) is 37.5 Å². The maximum atomic E-state index is 12.6. The summed E-state index contributed by atoms with van der Waals surface area (Å²) in [5, 5.41) is 0. The van der Waals surface area contributed by atoms with Gasteiger partial charge in [-0.2, -0.15) is 0 Å². The lowest BCUT2D eigenvalue weighted by molar-refractivity contribution is -0.143. The summed E-state index contributed by atoms with van der Waals surface area (Å²) in [5.41, 5.74) is 0.779. The molecule has 8 nitrogen and oxygen atoms in total. The molecule has 1 aromatic rings. The summed E-state index contributed by atoms with van der Waals surface area (Å²) < 4.78 is 41.3. The molecule has 1 aromatic carbocycles. The molecule has 0 unspecified atom stereocenters. The van der Waals surface area contributed by atoms with Crippen molar-refractivity contribution in [1.29, 1.82) is 0 Å². The Morgan fingerprint density at radius 3 is 2.46 bits per heavy atom. The number of nitrogens with one attached hydrogen (secondary N) is 1. The van der Waals surface area contributed by atoms with Crippen molar-refractivity contribution in [3.05, 3.63) is 29.3 Å². The molecular weight excluding hydrogens is 362 g/mol. The minimum Gasteiger partial charge on any atom is -0.496 e. The molecule has 0 saturated heterocycles. The fraction of sp³-hybridized carbons (Fsp3) is 0.529. The Bertz CT molecular complexity index is 784. The molecule has 1 aliphatic rings. The molecule has 1 saturated carbocycles. The zero-order valence-corrected chi connectivity index (χ0v) is 15.9. The lowest BCUT2D eigenvalue weighted by Crippen LogP contribution is -2.37. The monoisotopic (exact) mass is 385 g/mol. The van der Waals surface area contributed by atoms with Crippen molar-refractivity contribution < 1.29 is 32.2 Å². The third kappa shape index (κ3) is 4.34. The first-order valence-electron chi connectivity index (χ1n) is 8.18. The SMILES string of the molecule is CCOC(=O)CC1(S(=O)(=O)NCc2ccc(OC)c(C(=O)OC)c2)CC1. The Kier molecular flexibility index (Phi) is 6.25. The number of hydrogen-bond donors (Lipinski definition) is 1. The van der Waals surface area contributed by atoms with Crippen molar-refractivity contribution in [3.63, 3.8) is 0 Å². The summed E-state index contributed by atoms with van der Waals surface area (Å²) in [6.45, 7) is 1.87. The molecule has 1 N–H and O–H groups in total. The maximum absolute atomic E-state index is 12.6. The van der Waals surface area contributed by atoms with Gasteiger partial charge in [-0.15, -0.1) is 0 Å². The summed E-state index contributed by atoms with van der Waals surface area (Å²) in [6, 6.07) is 4.73. The van der Waals surface area contributed by atoms with Gasteiger partial charge in [-0.3, -0.25) is 4.79 Å². The smallest absolute Gasteiger partial charge is 0.341 e. The molecule has 1 fully saturated rings. The van der Waals surface area contributed by atoms with E-state index in [4.69, 9.17) is 14.2 Å². The molecule has 0 aromatic heterocycles. The molecule has 144 valence electrons. The van der Waals surface area contributed by atoms with E-state index in [9.17, 15) is 18.0 Å². The van der Waals surface area contributed by atoms with Crippen LogP contribution in [0.25, 0.3) is 0 Å². The van der Waals surface area contributed by atoms with Crippen molar-refractivity contribution in [2.75, 3.05) is 20.8 Å². The highest BCUT2D eigenvalue weighted by atomic mass is 32.2. The first-order chi connectivity index (χ1) is 12.3. The number of carbonyl (C=O) groups is 2. The summed E-state index contributed by atoms with van der Waals surface area (Å²) in [7, 11) is -1.03. The average molecular weight is 385 g/mol. The van der Waals surface area contributed by atoms with E-state index in [1.165, 1.54) is 20.3 Å². The minimum absolute atomic E-state index is 0.0130. The van der Waals surface area contributed by atoms with Crippen LogP contribution in [-0.4, -0.2) is 45.9 Å². The number of esters is 2. The first kappa shape index (κ1) is 20.2. The molecule has 0 bridgehead atoms. The van der Waals surface area contributed by atoms with Crippen LogP contribution in [0.4, 0.5) is 0 Å². The Labute approximate surface area is 152 Å². The van der Waals surface area contributed by atoms with Gasteiger partial charge in [0.25, 0.3) is 0 Å². The normalized spacial score (nSPS) is 15.2. The summed E-state index contributed by atoms with van der Waals surface area (Å²) >= 11 is 0. The van der Waals surface area contributed by atoms with Gasteiger partial charge in [0.1, 0.15) is 11.3 Å². The van der Waals surface area contributed by atoms with Crippen LogP contribution in [0.5, 0.6) is 5.75 Å². The molecule has 1 aliphatic carbocycles. The zero-order chi connectivity index (χ0) is 19.4. The van der Waals surface area contributed by atoms with E-state index >= 15 is 0 Å². The molecule has 0 spiro atoms. The summed E-state index contributed by atoms with van der Waals surface area (Å²) in [4.78, 5) is 23.5. The van der Waals surface area contributed by atoms with Gasteiger partial charge in [-0.1, -0.05) is 6.07 Å². The van der Waals surface area contributed by atoms with Gasteiger partial charge >= 0.3 is 11.9 Å². The van der Waals surface area contributed by atoms with E-state index in [-0.39, 0.29) is 25.1 Å². The van der Waals surface area contributed by atoms with Crippen LogP contribution in [0.2, 0.25) is 0 Å². The Balaban J connectivity index is 2.10. The lowest BCUT2D eigenvalue weighted by Gasteiger charge is -2.17. The molecular formula is C17H23NO7S. The van der Waals surface area contributed by atoms with Gasteiger partial charge < -0.3 is 14.2 Å². The second-order valence-corrected chi connectivity index (χ2v) is 8.18. The molecule has 26 heavy (non-hydrogen) atoms. The van der Waals surface area contributed by atoms with E-state index < -0.39 is 26.7 Å². The molecule has 2 rings (SSSR count). The second kappa shape index (κ2) is 8.05. The number of hydrogen-bond acceptors (Lipinski definition) is 7. The standard InChI is InChI=1S/C17H23NO7S/c1-4-25-15(19)10-17(7-8-17)26(21,22)18-11-12-5-6-14(23-2)13(9-12)16(20)24-3/h5-6,9,18H,4,7-8,10-11H2,1-3H3. The molecule has 9 heteroatoms. The highest BCUT2D eigenvalue weighted by Crippen LogP contribution is 2.46. The van der Waals surface area contributed by atoms with Crippen LogP contribution in [-0.2, 0) is 30.8 Å². The van der Waals surface area contributed by atoms with Gasteiger partial charge in [0, 0.05) is 6.54 Å². The third-order valence-electron chi connectivity index (χ3n) is 4.29. The predicted molar refractivity (Wildman–Crippen MR) is 93.3 cm³/mol. The molecule has 0 radical (unpaired) electrons. The highest BCUT2D eigenvalue weighted by Gasteiger charge is 2.55. The van der Waals surface area contributed by atoms with Crippen LogP contribution < -0.4 is 9.46 Å². The topological polar surface area (TPSA) is 108 Å². The van der Waals surface area contributed by atoms with Gasteiger partial charge in [0.15, 0.2) is 0 Å². The number of rotatable bonds is 9. The van der Waals surface area contributed by atoms with E-state index in [0.29, 0.717) is 24.2 Å². The lowest BCUT2D eigenvalue weighted by atomic mass is 10.1. The third-order valence-corrected chi connectivity index (χ3v) is 6.50. The van der Waals surface area contributed by atoms with Crippen LogP contribution in [0, 0.1) is 0 Å². The average Bonchev–Trinajstić information content (AvgIpc) is 3.40. The van der Waals surface area contributed by atoms with Crippen LogP contribution >= 0.6 is 0 Å². The van der Waals surface area contributed by atoms with Gasteiger partial charge in [0.05, 0.1) is 32.0 Å². The molecule has 0 amide bonds. The Morgan fingerprint density at radius 2 is 1.92 bits per heavy atom. The second-order valence-electron chi connectivity index (χ2n) is 6.02. The van der Waals surface area contributed by atoms with Crippen LogP contribution in [0.3, 0.4) is 0 Å². The zero-order valence-electron chi connectivity index (χ0n) is 15.0. The molecule has 0 aliphatic heterocycles. The van der Waals surface area contributed by atoms with Crippen LogP contribution in [0.1, 0.15) is 42.1 Å². The Hall–Kier alpha value is -2.13. The van der Waals surface area contributed by atoms with Gasteiger partial charge in [-0.25, -0.2) is 17.9 Å². The van der Waals surface area contributed by atoms with E-state index in [1.807, 2.05) is 0 Å². The summed E-state index contributed by atoms with van der Waals surface area (Å²) in [6.07, 6.45) is 0.667. The number of benzene rings is 1. The van der Waals surface area contributed by atoms with E-state index in [1.54, 1.807) is 19.1 Å². The van der Waals surface area contributed by atoms with Crippen molar-refractivity contribution >= 4 is 22.0 Å². The van der Waals surface area contributed by atoms with Gasteiger partial charge in [-0.05, 0) is 37.5 Å². The van der Waals surface area contributed by atoms with Crippen molar-refractivity contribution in [2.24, 2.45) is 0 Å². The maximum Gasteiger partial charge on any atom is 0.341 e. The predicted octanol–water partition coefficient (Wildman–Crippen LogP) is 1.39. The number of sulfonamides is 1. The highest BCUT2D eigenvalue weighted by molar-refractivity contribution is 7.91. The largest absolute Gasteiger partial charge is 0.496 e. The Morgan fingerprint density at radius 1 is 1.23 bits per heavy atom. The van der Waals surface area contributed by atoms with Crippen molar-refractivity contribution in [1.82, 2.24) is 4.72 Å². The van der Waals surface area contributed by atoms with Crippen LogP contribution in [0.15, 0.2) is 18.2 Å². The fourth-order valence-corrected chi connectivity index (χ4v) is 4.23. The fourth-order valence-electron chi connectivity index (χ4n) is 2.62. The van der Waals surface area contributed by atoms with Gasteiger partial charge in [0.2, 0.25) is 10.0 Å². The number of ether oxygens (including phenoxy) is 3. The summed E-state index contributed by atoms with van der Waals surface area (Å²) in [5.74, 6) is -0.759. The molecule has 0 atom stereocenters. The number of methoxy groups -OCH3 is 2. The number of carbonyl (C=O) groups excluding carboxylic acids is 2. The van der Waals surface area contributed by atoms with Crippen molar-refractivity contribution in [3.8, 4) is 5.75 Å².